The van der Waals surface area contributed by atoms with E-state index in [9.17, 15) is 8.42 Å². The van der Waals surface area contributed by atoms with Crippen LogP contribution in [0.3, 0.4) is 0 Å². The molecule has 0 bridgehead atoms. The van der Waals surface area contributed by atoms with E-state index in [4.69, 9.17) is 5.73 Å². The molecule has 0 aliphatic rings. The molecule has 5 nitrogen and oxygen atoms in total. The van der Waals surface area contributed by atoms with E-state index < -0.39 is 10.0 Å². The lowest BCUT2D eigenvalue weighted by molar-refractivity contribution is 0.359. The van der Waals surface area contributed by atoms with Gasteiger partial charge in [-0.1, -0.05) is 0 Å². The predicted molar refractivity (Wildman–Crippen MR) is 86.5 cm³/mol. The fourth-order valence-electron chi connectivity index (χ4n) is 1.46. The van der Waals surface area contributed by atoms with E-state index in [-0.39, 0.29) is 5.75 Å². The summed E-state index contributed by atoms with van der Waals surface area (Å²) in [4.78, 5) is 3.00. The maximum absolute atomic E-state index is 12.1. The Morgan fingerprint density at radius 2 is 1.70 bits per heavy atom. The van der Waals surface area contributed by atoms with Crippen molar-refractivity contribution in [2.24, 2.45) is 0 Å². The second-order valence-electron chi connectivity index (χ2n) is 4.86. The van der Waals surface area contributed by atoms with Crippen molar-refractivity contribution in [3.63, 3.8) is 0 Å². The van der Waals surface area contributed by atoms with Crippen LogP contribution in [0.4, 0.5) is 5.69 Å². The first-order valence-electron chi connectivity index (χ1n) is 6.38. The van der Waals surface area contributed by atoms with Gasteiger partial charge in [0.05, 0.1) is 5.75 Å². The lowest BCUT2D eigenvalue weighted by Crippen LogP contribution is -2.35. The summed E-state index contributed by atoms with van der Waals surface area (Å²) in [5, 5.41) is 0. The molecule has 2 N–H and O–H groups in total. The van der Waals surface area contributed by atoms with Crippen molar-refractivity contribution in [3.8, 4) is 0 Å². The van der Waals surface area contributed by atoms with Gasteiger partial charge < -0.3 is 10.6 Å². The van der Waals surface area contributed by atoms with E-state index in [1.54, 1.807) is 7.05 Å². The molecule has 0 aliphatic carbocycles. The predicted octanol–water partition coefficient (Wildman–Crippen LogP) is 1.18. The van der Waals surface area contributed by atoms with Crippen LogP contribution in [0.2, 0.25) is 0 Å². The fourth-order valence-corrected chi connectivity index (χ4v) is 3.88. The number of sulfonamides is 1. The van der Waals surface area contributed by atoms with Crippen molar-refractivity contribution < 1.29 is 8.42 Å². The summed E-state index contributed by atoms with van der Waals surface area (Å²) >= 11 is 1.53. The van der Waals surface area contributed by atoms with Crippen molar-refractivity contribution >= 4 is 27.5 Å². The number of hydrogen-bond donors (Lipinski definition) is 1. The van der Waals surface area contributed by atoms with Gasteiger partial charge in [-0.2, -0.15) is 0 Å². The van der Waals surface area contributed by atoms with E-state index >= 15 is 0 Å². The van der Waals surface area contributed by atoms with E-state index in [0.29, 0.717) is 18.0 Å². The molecule has 1 aromatic rings. The maximum atomic E-state index is 12.1. The average molecular weight is 317 g/mol. The van der Waals surface area contributed by atoms with Crippen LogP contribution in [0.15, 0.2) is 29.2 Å². The zero-order valence-electron chi connectivity index (χ0n) is 12.2. The molecule has 114 valence electrons. The number of nitrogens with zero attached hydrogens (tertiary/aromatic N) is 2. The molecule has 20 heavy (non-hydrogen) atoms. The molecule has 0 radical (unpaired) electrons. The molecule has 1 aromatic carbocycles. The number of nitrogens with two attached hydrogens (primary N) is 1. The second kappa shape index (κ2) is 7.87. The highest BCUT2D eigenvalue weighted by Gasteiger charge is 2.17. The largest absolute Gasteiger partial charge is 0.399 e. The Hall–Kier alpha value is -0.760. The van der Waals surface area contributed by atoms with Gasteiger partial charge in [0.1, 0.15) is 0 Å². The third kappa shape index (κ3) is 6.13. The third-order valence-electron chi connectivity index (χ3n) is 2.83. The van der Waals surface area contributed by atoms with Gasteiger partial charge >= 0.3 is 0 Å². The Labute approximate surface area is 126 Å². The SMILES string of the molecule is CN(C)CCN(C)S(=O)(=O)CCSc1ccc(N)cc1. The summed E-state index contributed by atoms with van der Waals surface area (Å²) in [7, 11) is 2.31. The minimum Gasteiger partial charge on any atom is -0.399 e. The Kier molecular flexibility index (Phi) is 6.81. The van der Waals surface area contributed by atoms with Gasteiger partial charge in [-0.25, -0.2) is 12.7 Å². The zero-order valence-corrected chi connectivity index (χ0v) is 13.9. The molecule has 0 heterocycles. The summed E-state index contributed by atoms with van der Waals surface area (Å²) in [6, 6.07) is 7.45. The quantitative estimate of drug-likeness (QED) is 0.576. The molecule has 0 saturated heterocycles. The van der Waals surface area contributed by atoms with Crippen molar-refractivity contribution in [3.05, 3.63) is 24.3 Å². The number of benzene rings is 1. The smallest absolute Gasteiger partial charge is 0.214 e. The minimum absolute atomic E-state index is 0.145. The highest BCUT2D eigenvalue weighted by molar-refractivity contribution is 8.00. The monoisotopic (exact) mass is 317 g/mol. The second-order valence-corrected chi connectivity index (χ2v) is 8.22. The van der Waals surface area contributed by atoms with Crippen LogP contribution in [0.25, 0.3) is 0 Å². The molecule has 0 unspecified atom stereocenters. The van der Waals surface area contributed by atoms with Crippen LogP contribution in [-0.2, 0) is 10.0 Å². The molecule has 0 aliphatic heterocycles. The van der Waals surface area contributed by atoms with Gasteiger partial charge in [-0.15, -0.1) is 11.8 Å². The maximum Gasteiger partial charge on any atom is 0.214 e. The molecule has 0 amide bonds. The number of likely N-dealkylation sites (N-methyl/N-ethyl adjacent to an activating group) is 2. The van der Waals surface area contributed by atoms with Gasteiger partial charge in [0.2, 0.25) is 10.0 Å². The molecule has 1 rings (SSSR count). The number of hydrogen-bond acceptors (Lipinski definition) is 5. The van der Waals surface area contributed by atoms with E-state index in [1.807, 2.05) is 43.3 Å². The van der Waals surface area contributed by atoms with Gasteiger partial charge in [0, 0.05) is 36.5 Å². The fraction of sp³-hybridized carbons (Fsp3) is 0.538. The van der Waals surface area contributed by atoms with E-state index in [0.717, 1.165) is 11.4 Å². The summed E-state index contributed by atoms with van der Waals surface area (Å²) in [6.07, 6.45) is 0. The molecular weight excluding hydrogens is 294 g/mol. The highest BCUT2D eigenvalue weighted by Crippen LogP contribution is 2.19. The van der Waals surface area contributed by atoms with Crippen LogP contribution in [0.5, 0.6) is 0 Å². The third-order valence-corrected chi connectivity index (χ3v) is 5.95. The minimum atomic E-state index is -3.17. The number of anilines is 1. The Morgan fingerprint density at radius 1 is 1.10 bits per heavy atom. The number of nitrogen functional groups attached to an aromatic ring is 1. The molecule has 0 saturated carbocycles. The Balaban J connectivity index is 2.41. The molecule has 7 heteroatoms. The number of rotatable bonds is 8. The zero-order chi connectivity index (χ0) is 15.2. The topological polar surface area (TPSA) is 66.6 Å². The highest BCUT2D eigenvalue weighted by atomic mass is 32.2. The molecule has 0 aromatic heterocycles. The van der Waals surface area contributed by atoms with Crippen molar-refractivity contribution in [2.75, 3.05) is 51.5 Å². The first-order chi connectivity index (χ1) is 9.31. The van der Waals surface area contributed by atoms with E-state index in [2.05, 4.69) is 0 Å². The van der Waals surface area contributed by atoms with E-state index in [1.165, 1.54) is 16.1 Å². The Morgan fingerprint density at radius 3 is 2.25 bits per heavy atom. The molecule has 0 spiro atoms. The molecular formula is C13H23N3O2S2. The molecule has 0 fully saturated rings. The lowest BCUT2D eigenvalue weighted by atomic mass is 10.3. The van der Waals surface area contributed by atoms with Gasteiger partial charge in [0.15, 0.2) is 0 Å². The first-order valence-corrected chi connectivity index (χ1v) is 8.98. The van der Waals surface area contributed by atoms with Crippen molar-refractivity contribution in [1.29, 1.82) is 0 Å². The summed E-state index contributed by atoms with van der Waals surface area (Å²) in [5.74, 6) is 0.685. The molecule has 0 atom stereocenters. The summed E-state index contributed by atoms with van der Waals surface area (Å²) in [5.41, 5.74) is 6.32. The van der Waals surface area contributed by atoms with Crippen LogP contribution in [0, 0.1) is 0 Å². The first kappa shape index (κ1) is 17.3. The van der Waals surface area contributed by atoms with Crippen LogP contribution >= 0.6 is 11.8 Å². The van der Waals surface area contributed by atoms with Gasteiger partial charge in [-0.05, 0) is 38.4 Å². The van der Waals surface area contributed by atoms with Crippen LogP contribution in [-0.4, -0.2) is 63.4 Å². The number of thioether (sulfide) groups is 1. The summed E-state index contributed by atoms with van der Waals surface area (Å²) in [6.45, 7) is 1.24. The van der Waals surface area contributed by atoms with Crippen molar-refractivity contribution in [2.45, 2.75) is 4.90 Å². The lowest BCUT2D eigenvalue weighted by Gasteiger charge is -2.19. The normalized spacial score (nSPS) is 12.2. The van der Waals surface area contributed by atoms with Crippen LogP contribution in [0.1, 0.15) is 0 Å². The van der Waals surface area contributed by atoms with Crippen molar-refractivity contribution in [1.82, 2.24) is 9.21 Å². The van der Waals surface area contributed by atoms with Gasteiger partial charge in [-0.3, -0.25) is 0 Å². The van der Waals surface area contributed by atoms with Gasteiger partial charge in [0.25, 0.3) is 0 Å². The standard InChI is InChI=1S/C13H23N3O2S2/c1-15(2)8-9-16(3)20(17,18)11-10-19-13-6-4-12(14)5-7-13/h4-7H,8-11,14H2,1-3H3. The van der Waals surface area contributed by atoms with Crippen LogP contribution < -0.4 is 5.73 Å². The average Bonchev–Trinajstić information content (AvgIpc) is 2.38. The Bertz CT molecular complexity index is 501. The summed E-state index contributed by atoms with van der Waals surface area (Å²) < 4.78 is 25.6.